The molecule has 0 radical (unpaired) electrons. The molecule has 2 rings (SSSR count). The number of hydrogen-bond acceptors (Lipinski definition) is 2. The van der Waals surface area contributed by atoms with Crippen molar-refractivity contribution in [3.63, 3.8) is 0 Å². The predicted octanol–water partition coefficient (Wildman–Crippen LogP) is 4.59. The van der Waals surface area contributed by atoms with Gasteiger partial charge in [0.2, 0.25) is 0 Å². The van der Waals surface area contributed by atoms with Crippen LogP contribution in [0.15, 0.2) is 45.7 Å². The average Bonchev–Trinajstić information content (AvgIpc) is 2.75. The second-order valence-electron chi connectivity index (χ2n) is 5.36. The molecule has 1 aromatic carbocycles. The summed E-state index contributed by atoms with van der Waals surface area (Å²) in [6.45, 7) is 6.35. The van der Waals surface area contributed by atoms with E-state index >= 15 is 0 Å². The highest BCUT2D eigenvalue weighted by Gasteiger charge is 2.20. The summed E-state index contributed by atoms with van der Waals surface area (Å²) in [6.07, 6.45) is 1.48. The molecule has 4 heteroatoms. The van der Waals surface area contributed by atoms with Gasteiger partial charge in [0.25, 0.3) is 5.91 Å². The number of halogens is 1. The van der Waals surface area contributed by atoms with Crippen LogP contribution in [0.3, 0.4) is 0 Å². The van der Waals surface area contributed by atoms with Crippen LogP contribution in [0.2, 0.25) is 0 Å². The van der Waals surface area contributed by atoms with E-state index < -0.39 is 0 Å². The Morgan fingerprint density at radius 2 is 1.89 bits per heavy atom. The van der Waals surface area contributed by atoms with Crippen LogP contribution >= 0.6 is 15.9 Å². The molecule has 0 aliphatic rings. The quantitative estimate of drug-likeness (QED) is 0.878. The van der Waals surface area contributed by atoms with Gasteiger partial charge in [-0.25, -0.2) is 0 Å². The molecule has 0 unspecified atom stereocenters. The van der Waals surface area contributed by atoms with Gasteiger partial charge in [-0.2, -0.15) is 0 Å². The van der Waals surface area contributed by atoms with Gasteiger partial charge in [0.1, 0.15) is 0 Å². The van der Waals surface area contributed by atoms with Crippen molar-refractivity contribution in [2.45, 2.75) is 26.2 Å². The average molecular weight is 322 g/mol. The van der Waals surface area contributed by atoms with Crippen molar-refractivity contribution in [1.82, 2.24) is 0 Å². The minimum absolute atomic E-state index is 0.0303. The van der Waals surface area contributed by atoms with Gasteiger partial charge in [0, 0.05) is 5.69 Å². The van der Waals surface area contributed by atoms with Gasteiger partial charge >= 0.3 is 0 Å². The van der Waals surface area contributed by atoms with E-state index in [0.29, 0.717) is 10.2 Å². The Morgan fingerprint density at radius 1 is 1.21 bits per heavy atom. The van der Waals surface area contributed by atoms with Crippen molar-refractivity contribution in [2.24, 2.45) is 0 Å². The molecule has 100 valence electrons. The normalized spacial score (nSPS) is 11.4. The lowest BCUT2D eigenvalue weighted by Crippen LogP contribution is -2.18. The number of nitrogens with one attached hydrogen (secondary N) is 1. The lowest BCUT2D eigenvalue weighted by molar-refractivity contribution is 0.102. The van der Waals surface area contributed by atoms with Crippen LogP contribution < -0.4 is 5.32 Å². The lowest BCUT2D eigenvalue weighted by atomic mass is 9.86. The zero-order valence-corrected chi connectivity index (χ0v) is 12.7. The molecule has 0 saturated carbocycles. The van der Waals surface area contributed by atoms with Crippen molar-refractivity contribution in [1.29, 1.82) is 0 Å². The Balaban J connectivity index is 2.30. The molecule has 0 aliphatic heterocycles. The van der Waals surface area contributed by atoms with Gasteiger partial charge in [-0.15, -0.1) is 0 Å². The van der Waals surface area contributed by atoms with Crippen LogP contribution in [0.5, 0.6) is 0 Å². The molecule has 1 heterocycles. The second kappa shape index (κ2) is 5.21. The SMILES string of the molecule is CC(C)(C)c1ccccc1NC(=O)c1ccoc1Br. The third kappa shape index (κ3) is 3.07. The highest BCUT2D eigenvalue weighted by Crippen LogP contribution is 2.30. The van der Waals surface area contributed by atoms with E-state index in [-0.39, 0.29) is 11.3 Å². The molecule has 19 heavy (non-hydrogen) atoms. The summed E-state index contributed by atoms with van der Waals surface area (Å²) in [5, 5.41) is 2.93. The summed E-state index contributed by atoms with van der Waals surface area (Å²) < 4.78 is 5.52. The molecule has 0 saturated heterocycles. The molecule has 1 N–H and O–H groups in total. The van der Waals surface area contributed by atoms with Crippen LogP contribution in [0, 0.1) is 0 Å². The number of rotatable bonds is 2. The predicted molar refractivity (Wildman–Crippen MR) is 79.5 cm³/mol. The highest BCUT2D eigenvalue weighted by molar-refractivity contribution is 9.10. The van der Waals surface area contributed by atoms with Crippen LogP contribution in [0.1, 0.15) is 36.7 Å². The van der Waals surface area contributed by atoms with Crippen LogP contribution in [0.4, 0.5) is 5.69 Å². The summed E-state index contributed by atoms with van der Waals surface area (Å²) in [7, 11) is 0. The van der Waals surface area contributed by atoms with E-state index in [4.69, 9.17) is 4.42 Å². The maximum atomic E-state index is 12.2. The Bertz CT molecular complexity index is 596. The lowest BCUT2D eigenvalue weighted by Gasteiger charge is -2.22. The topological polar surface area (TPSA) is 42.2 Å². The van der Waals surface area contributed by atoms with Crippen LogP contribution in [0.25, 0.3) is 0 Å². The standard InChI is InChI=1S/C15H16BrNO2/c1-15(2,3)11-6-4-5-7-12(11)17-14(18)10-8-9-19-13(10)16/h4-9H,1-3H3,(H,17,18). The third-order valence-corrected chi connectivity index (χ3v) is 3.46. The fourth-order valence-corrected chi connectivity index (χ4v) is 2.31. The first-order chi connectivity index (χ1) is 8.89. The van der Waals surface area contributed by atoms with E-state index in [1.54, 1.807) is 6.07 Å². The molecule has 2 aromatic rings. The molecule has 3 nitrogen and oxygen atoms in total. The first-order valence-corrected chi connectivity index (χ1v) is 6.83. The summed E-state index contributed by atoms with van der Waals surface area (Å²) in [6, 6.07) is 9.46. The van der Waals surface area contributed by atoms with Crippen molar-refractivity contribution >= 4 is 27.5 Å². The Hall–Kier alpha value is -1.55. The number of carbonyl (C=O) groups excluding carboxylic acids is 1. The number of para-hydroxylation sites is 1. The van der Waals surface area contributed by atoms with E-state index in [1.807, 2.05) is 24.3 Å². The molecule has 0 atom stereocenters. The molecule has 1 aromatic heterocycles. The summed E-state index contributed by atoms with van der Waals surface area (Å²) in [5.41, 5.74) is 2.39. The fraction of sp³-hybridized carbons (Fsp3) is 0.267. The van der Waals surface area contributed by atoms with Crippen molar-refractivity contribution < 1.29 is 9.21 Å². The first kappa shape index (κ1) is 13.9. The van der Waals surface area contributed by atoms with E-state index in [0.717, 1.165) is 11.3 Å². The Kier molecular flexibility index (Phi) is 3.80. The maximum Gasteiger partial charge on any atom is 0.260 e. The number of hydrogen-bond donors (Lipinski definition) is 1. The molecule has 0 spiro atoms. The maximum absolute atomic E-state index is 12.2. The monoisotopic (exact) mass is 321 g/mol. The second-order valence-corrected chi connectivity index (χ2v) is 6.08. The van der Waals surface area contributed by atoms with Gasteiger partial charge < -0.3 is 9.73 Å². The van der Waals surface area contributed by atoms with Crippen molar-refractivity contribution in [3.8, 4) is 0 Å². The number of amides is 1. The summed E-state index contributed by atoms with van der Waals surface area (Å²) >= 11 is 3.21. The molecule has 0 bridgehead atoms. The molecular formula is C15H16BrNO2. The molecule has 1 amide bonds. The Labute approximate surface area is 121 Å². The van der Waals surface area contributed by atoms with Gasteiger partial charge in [-0.1, -0.05) is 39.0 Å². The van der Waals surface area contributed by atoms with E-state index in [1.165, 1.54) is 6.26 Å². The largest absolute Gasteiger partial charge is 0.457 e. The van der Waals surface area contributed by atoms with Crippen LogP contribution in [-0.2, 0) is 5.41 Å². The fourth-order valence-electron chi connectivity index (χ4n) is 1.89. The molecule has 0 aliphatic carbocycles. The number of benzene rings is 1. The van der Waals surface area contributed by atoms with Crippen molar-refractivity contribution in [2.75, 3.05) is 5.32 Å². The molecular weight excluding hydrogens is 306 g/mol. The van der Waals surface area contributed by atoms with Crippen LogP contribution in [-0.4, -0.2) is 5.91 Å². The van der Waals surface area contributed by atoms with E-state index in [9.17, 15) is 4.79 Å². The number of furan rings is 1. The zero-order chi connectivity index (χ0) is 14.0. The third-order valence-electron chi connectivity index (χ3n) is 2.85. The van der Waals surface area contributed by atoms with Gasteiger partial charge in [0.15, 0.2) is 4.67 Å². The van der Waals surface area contributed by atoms with Gasteiger partial charge in [-0.05, 0) is 39.0 Å². The first-order valence-electron chi connectivity index (χ1n) is 6.03. The number of anilines is 1. The smallest absolute Gasteiger partial charge is 0.260 e. The summed E-state index contributed by atoms with van der Waals surface area (Å²) in [5.74, 6) is -0.183. The van der Waals surface area contributed by atoms with E-state index in [2.05, 4.69) is 42.0 Å². The van der Waals surface area contributed by atoms with Gasteiger partial charge in [-0.3, -0.25) is 4.79 Å². The zero-order valence-electron chi connectivity index (χ0n) is 11.2. The minimum Gasteiger partial charge on any atom is -0.457 e. The summed E-state index contributed by atoms with van der Waals surface area (Å²) in [4.78, 5) is 12.2. The van der Waals surface area contributed by atoms with Crippen molar-refractivity contribution in [3.05, 3.63) is 52.4 Å². The number of carbonyl (C=O) groups is 1. The Morgan fingerprint density at radius 3 is 2.47 bits per heavy atom. The minimum atomic E-state index is -0.183. The molecule has 0 fully saturated rings. The highest BCUT2D eigenvalue weighted by atomic mass is 79.9. The van der Waals surface area contributed by atoms with Gasteiger partial charge in [0.05, 0.1) is 11.8 Å².